The van der Waals surface area contributed by atoms with Gasteiger partial charge in [0.2, 0.25) is 0 Å². The number of rotatable bonds is 2. The summed E-state index contributed by atoms with van der Waals surface area (Å²) in [6.07, 6.45) is 0. The molecule has 7 aromatic rings. The molecule has 0 spiro atoms. The molecular formula is C30H16Br2Cl2N2. The predicted octanol–water partition coefficient (Wildman–Crippen LogP) is 10.7. The molecule has 0 bridgehead atoms. The van der Waals surface area contributed by atoms with Crippen LogP contribution < -0.4 is 0 Å². The Morgan fingerprint density at radius 1 is 0.472 bits per heavy atom. The molecule has 0 aliphatic carbocycles. The zero-order valence-electron chi connectivity index (χ0n) is 18.6. The quantitative estimate of drug-likeness (QED) is 0.179. The first-order valence-electron chi connectivity index (χ1n) is 11.4. The molecule has 0 amide bonds. The number of halogens is 4. The van der Waals surface area contributed by atoms with E-state index in [0.717, 1.165) is 53.2 Å². The average Bonchev–Trinajstić information content (AvgIpc) is 3.40. The molecule has 36 heavy (non-hydrogen) atoms. The smallest absolute Gasteiger partial charge is 0.0788 e. The molecule has 5 aromatic carbocycles. The van der Waals surface area contributed by atoms with E-state index in [0.29, 0.717) is 10.0 Å². The summed E-state index contributed by atoms with van der Waals surface area (Å²) in [7, 11) is 0. The van der Waals surface area contributed by atoms with Crippen molar-refractivity contribution in [3.63, 3.8) is 0 Å². The highest BCUT2D eigenvalue weighted by atomic mass is 79.9. The molecule has 2 nitrogen and oxygen atoms in total. The van der Waals surface area contributed by atoms with Crippen LogP contribution in [-0.4, -0.2) is 9.13 Å². The Kier molecular flexibility index (Phi) is 5.23. The van der Waals surface area contributed by atoms with Gasteiger partial charge in [0, 0.05) is 30.5 Å². The molecule has 0 aliphatic rings. The van der Waals surface area contributed by atoms with E-state index in [-0.39, 0.29) is 0 Å². The fraction of sp³-hybridized carbons (Fsp3) is 0. The van der Waals surface area contributed by atoms with Crippen molar-refractivity contribution in [2.45, 2.75) is 0 Å². The van der Waals surface area contributed by atoms with E-state index in [2.05, 4.69) is 114 Å². The van der Waals surface area contributed by atoms with Crippen LogP contribution in [0.5, 0.6) is 0 Å². The van der Waals surface area contributed by atoms with Gasteiger partial charge in [-0.25, -0.2) is 0 Å². The highest BCUT2D eigenvalue weighted by Gasteiger charge is 2.22. The second-order valence-corrected chi connectivity index (χ2v) is 11.2. The first-order chi connectivity index (χ1) is 17.6. The normalized spacial score (nSPS) is 11.9. The fourth-order valence-electron chi connectivity index (χ4n) is 5.35. The van der Waals surface area contributed by atoms with E-state index in [9.17, 15) is 0 Å². The zero-order chi connectivity index (χ0) is 24.6. The molecule has 0 N–H and O–H groups in total. The van der Waals surface area contributed by atoms with E-state index in [1.54, 1.807) is 0 Å². The monoisotopic (exact) mass is 632 g/mol. The molecule has 2 aromatic heterocycles. The van der Waals surface area contributed by atoms with Gasteiger partial charge in [0.25, 0.3) is 0 Å². The molecule has 0 radical (unpaired) electrons. The van der Waals surface area contributed by atoms with Gasteiger partial charge < -0.3 is 9.13 Å². The molecule has 0 unspecified atom stereocenters. The number of benzene rings is 5. The molecular weight excluding hydrogens is 619 g/mol. The molecule has 0 saturated heterocycles. The minimum absolute atomic E-state index is 0.677. The maximum atomic E-state index is 6.90. The Morgan fingerprint density at radius 2 is 1.03 bits per heavy atom. The summed E-state index contributed by atoms with van der Waals surface area (Å²) in [5, 5.41) is 6.03. The van der Waals surface area contributed by atoms with Crippen molar-refractivity contribution in [3.8, 4) is 11.4 Å². The lowest BCUT2D eigenvalue weighted by Crippen LogP contribution is -1.97. The Labute approximate surface area is 233 Å². The molecule has 7 rings (SSSR count). The van der Waals surface area contributed by atoms with Crippen molar-refractivity contribution >= 4 is 98.7 Å². The van der Waals surface area contributed by atoms with Crippen molar-refractivity contribution < 1.29 is 0 Å². The average molecular weight is 635 g/mol. The van der Waals surface area contributed by atoms with Gasteiger partial charge in [0.15, 0.2) is 0 Å². The maximum Gasteiger partial charge on any atom is 0.0788 e. The number of para-hydroxylation sites is 2. The van der Waals surface area contributed by atoms with Crippen LogP contribution in [0.25, 0.3) is 55.0 Å². The number of aromatic nitrogens is 2. The third-order valence-corrected chi connectivity index (χ3v) is 9.39. The summed E-state index contributed by atoms with van der Waals surface area (Å²) < 4.78 is 6.27. The SMILES string of the molecule is Clc1c(Br)cccc1-n1c2ccccc2c2c1ccc1c3ccccc3n(-c3cccc(Br)c3Cl)c12. The first-order valence-corrected chi connectivity index (χ1v) is 13.7. The largest absolute Gasteiger partial charge is 0.308 e. The van der Waals surface area contributed by atoms with E-state index in [4.69, 9.17) is 23.2 Å². The van der Waals surface area contributed by atoms with Crippen LogP contribution in [0, 0.1) is 0 Å². The first kappa shape index (κ1) is 22.4. The molecule has 174 valence electrons. The minimum atomic E-state index is 0.677. The summed E-state index contributed by atoms with van der Waals surface area (Å²) in [6, 6.07) is 33.5. The van der Waals surface area contributed by atoms with Crippen molar-refractivity contribution in [2.75, 3.05) is 0 Å². The van der Waals surface area contributed by atoms with Crippen LogP contribution in [-0.2, 0) is 0 Å². The lowest BCUT2D eigenvalue weighted by atomic mass is 10.1. The van der Waals surface area contributed by atoms with Gasteiger partial charge in [0.05, 0.1) is 43.5 Å². The summed E-state index contributed by atoms with van der Waals surface area (Å²) in [6.45, 7) is 0. The number of hydrogen-bond donors (Lipinski definition) is 0. The lowest BCUT2D eigenvalue weighted by Gasteiger charge is -2.13. The highest BCUT2D eigenvalue weighted by Crippen LogP contribution is 2.44. The predicted molar refractivity (Wildman–Crippen MR) is 161 cm³/mol. The Morgan fingerprint density at radius 3 is 1.69 bits per heavy atom. The van der Waals surface area contributed by atoms with Gasteiger partial charge in [-0.1, -0.05) is 77.8 Å². The topological polar surface area (TPSA) is 9.86 Å². The van der Waals surface area contributed by atoms with Crippen molar-refractivity contribution in [2.24, 2.45) is 0 Å². The van der Waals surface area contributed by atoms with E-state index in [1.165, 1.54) is 10.8 Å². The zero-order valence-corrected chi connectivity index (χ0v) is 23.3. The summed E-state index contributed by atoms with van der Waals surface area (Å²) in [5.74, 6) is 0. The molecule has 0 saturated carbocycles. The maximum absolute atomic E-state index is 6.90. The van der Waals surface area contributed by atoms with Gasteiger partial charge in [0.1, 0.15) is 0 Å². The molecule has 0 fully saturated rings. The lowest BCUT2D eigenvalue weighted by molar-refractivity contribution is 1.17. The van der Waals surface area contributed by atoms with Crippen molar-refractivity contribution in [1.29, 1.82) is 0 Å². The second-order valence-electron chi connectivity index (χ2n) is 8.71. The Hall–Kier alpha value is -2.76. The summed E-state index contributed by atoms with van der Waals surface area (Å²) in [5.41, 5.74) is 6.27. The van der Waals surface area contributed by atoms with Crippen molar-refractivity contribution in [3.05, 3.63) is 116 Å². The summed E-state index contributed by atoms with van der Waals surface area (Å²) in [4.78, 5) is 0. The van der Waals surface area contributed by atoms with Gasteiger partial charge in [-0.15, -0.1) is 0 Å². The van der Waals surface area contributed by atoms with E-state index >= 15 is 0 Å². The van der Waals surface area contributed by atoms with Gasteiger partial charge in [-0.2, -0.15) is 0 Å². The molecule has 6 heteroatoms. The van der Waals surface area contributed by atoms with Crippen LogP contribution in [0.2, 0.25) is 10.0 Å². The summed E-state index contributed by atoms with van der Waals surface area (Å²) >= 11 is 21.0. The highest BCUT2D eigenvalue weighted by molar-refractivity contribution is 9.10. The molecule has 0 atom stereocenters. The molecule has 2 heterocycles. The third-order valence-electron chi connectivity index (χ3n) is 6.81. The number of hydrogen-bond acceptors (Lipinski definition) is 0. The van der Waals surface area contributed by atoms with Crippen LogP contribution in [0.15, 0.2) is 106 Å². The minimum Gasteiger partial charge on any atom is -0.308 e. The van der Waals surface area contributed by atoms with Gasteiger partial charge >= 0.3 is 0 Å². The number of fused-ring (bicyclic) bond motifs is 7. The fourth-order valence-corrected chi connectivity index (χ4v) is 6.48. The Balaban J connectivity index is 1.77. The van der Waals surface area contributed by atoms with Gasteiger partial charge in [-0.05, 0) is 74.3 Å². The van der Waals surface area contributed by atoms with Crippen molar-refractivity contribution in [1.82, 2.24) is 9.13 Å². The van der Waals surface area contributed by atoms with Crippen LogP contribution >= 0.6 is 55.1 Å². The molecule has 0 aliphatic heterocycles. The van der Waals surface area contributed by atoms with Gasteiger partial charge in [-0.3, -0.25) is 0 Å². The van der Waals surface area contributed by atoms with E-state index < -0.39 is 0 Å². The Bertz CT molecular complexity index is 2000. The van der Waals surface area contributed by atoms with E-state index in [1.807, 2.05) is 24.3 Å². The van der Waals surface area contributed by atoms with Crippen LogP contribution in [0.4, 0.5) is 0 Å². The standard InChI is InChI=1S/C30H16Br2Cl2N2/c31-20-9-5-13-25(28(20)33)35-23-12-4-2-8-19(23)27-24(35)16-15-18-17-7-1-3-11-22(17)36(30(18)27)26-14-6-10-21(32)29(26)34/h1-16H. The number of nitrogens with zero attached hydrogens (tertiary/aromatic N) is 2. The second kappa shape index (κ2) is 8.39. The van der Waals surface area contributed by atoms with Crippen LogP contribution in [0.1, 0.15) is 0 Å². The van der Waals surface area contributed by atoms with Crippen LogP contribution in [0.3, 0.4) is 0 Å². The third kappa shape index (κ3) is 3.08.